The van der Waals surface area contributed by atoms with Crippen molar-refractivity contribution in [1.82, 2.24) is 14.4 Å². The van der Waals surface area contributed by atoms with Gasteiger partial charge in [-0.25, -0.2) is 8.42 Å². The Morgan fingerprint density at radius 2 is 1.75 bits per heavy atom. The Bertz CT molecular complexity index is 1090. The van der Waals surface area contributed by atoms with Gasteiger partial charge in [0.05, 0.1) is 11.4 Å². The topological polar surface area (TPSA) is 94.8 Å². The van der Waals surface area contributed by atoms with Crippen LogP contribution in [-0.2, 0) is 16.6 Å². The van der Waals surface area contributed by atoms with Crippen molar-refractivity contribution in [2.45, 2.75) is 18.4 Å². The molecule has 9 heteroatoms. The van der Waals surface area contributed by atoms with Crippen LogP contribution in [-0.4, -0.2) is 43.1 Å². The lowest BCUT2D eigenvalue weighted by atomic mass is 10.1. The zero-order valence-corrected chi connectivity index (χ0v) is 16.3. The molecule has 2 aromatic carbocycles. The van der Waals surface area contributed by atoms with Crippen molar-refractivity contribution in [2.75, 3.05) is 20.3 Å². The van der Waals surface area contributed by atoms with E-state index in [2.05, 4.69) is 10.1 Å². The molecule has 3 aromatic rings. The summed E-state index contributed by atoms with van der Waals surface area (Å²) in [7, 11) is -2.30. The van der Waals surface area contributed by atoms with Crippen molar-refractivity contribution in [2.24, 2.45) is 0 Å². The fourth-order valence-corrected chi connectivity index (χ4v) is 3.91. The Morgan fingerprint density at radius 3 is 2.50 bits per heavy atom. The van der Waals surface area contributed by atoms with Crippen molar-refractivity contribution in [3.63, 3.8) is 0 Å². The summed E-state index contributed by atoms with van der Waals surface area (Å²) in [5, 5.41) is 3.94. The van der Waals surface area contributed by atoms with Gasteiger partial charge >= 0.3 is 0 Å². The molecule has 0 amide bonds. The zero-order valence-electron chi connectivity index (χ0n) is 15.5. The number of ether oxygens (including phenoxy) is 2. The highest BCUT2D eigenvalue weighted by molar-refractivity contribution is 7.89. The standard InChI is InChI=1S/C19H19N3O5S/c1-13-3-5-14(6-4-13)19-20-18(27-21-19)12-22(2)28(23,24)15-7-8-16-17(11-15)26-10-9-25-16/h3-8,11H,9-10,12H2,1-2H3. The van der Waals surface area contributed by atoms with Crippen LogP contribution in [0.5, 0.6) is 11.5 Å². The summed E-state index contributed by atoms with van der Waals surface area (Å²) in [6, 6.07) is 12.2. The second kappa shape index (κ2) is 7.25. The molecule has 4 rings (SSSR count). The molecule has 2 heterocycles. The van der Waals surface area contributed by atoms with E-state index in [-0.39, 0.29) is 17.3 Å². The highest BCUT2D eigenvalue weighted by Gasteiger charge is 2.25. The van der Waals surface area contributed by atoms with Crippen LogP contribution in [0.4, 0.5) is 0 Å². The Morgan fingerprint density at radius 1 is 1.04 bits per heavy atom. The number of nitrogens with zero attached hydrogens (tertiary/aromatic N) is 3. The van der Waals surface area contributed by atoms with Crippen LogP contribution in [0.2, 0.25) is 0 Å². The molecule has 0 fully saturated rings. The highest BCUT2D eigenvalue weighted by atomic mass is 32.2. The molecule has 0 saturated heterocycles. The van der Waals surface area contributed by atoms with Gasteiger partial charge in [-0.1, -0.05) is 35.0 Å². The zero-order chi connectivity index (χ0) is 19.7. The lowest BCUT2D eigenvalue weighted by molar-refractivity contribution is 0.171. The molecule has 0 spiro atoms. The maximum absolute atomic E-state index is 12.9. The number of aromatic nitrogens is 2. The monoisotopic (exact) mass is 401 g/mol. The minimum atomic E-state index is -3.76. The molecule has 0 unspecified atom stereocenters. The summed E-state index contributed by atoms with van der Waals surface area (Å²) in [4.78, 5) is 4.41. The molecular formula is C19H19N3O5S. The number of hydrogen-bond donors (Lipinski definition) is 0. The molecule has 0 saturated carbocycles. The van der Waals surface area contributed by atoms with Gasteiger partial charge in [-0.3, -0.25) is 0 Å². The van der Waals surface area contributed by atoms with Crippen molar-refractivity contribution in [3.8, 4) is 22.9 Å². The Hall–Kier alpha value is -2.91. The van der Waals surface area contributed by atoms with Gasteiger partial charge in [-0.05, 0) is 19.1 Å². The van der Waals surface area contributed by atoms with Gasteiger partial charge in [0, 0.05) is 18.7 Å². The SMILES string of the molecule is Cc1ccc(-c2noc(CN(C)S(=O)(=O)c3ccc4c(c3)OCCO4)n2)cc1. The lowest BCUT2D eigenvalue weighted by Crippen LogP contribution is -2.27. The van der Waals surface area contributed by atoms with Gasteiger partial charge in [0.2, 0.25) is 21.7 Å². The molecule has 0 radical (unpaired) electrons. The van der Waals surface area contributed by atoms with Crippen LogP contribution in [0.3, 0.4) is 0 Å². The average Bonchev–Trinajstić information content (AvgIpc) is 3.16. The van der Waals surface area contributed by atoms with Gasteiger partial charge in [0.15, 0.2) is 11.5 Å². The van der Waals surface area contributed by atoms with E-state index in [1.54, 1.807) is 6.07 Å². The van der Waals surface area contributed by atoms with Crippen LogP contribution in [0.25, 0.3) is 11.4 Å². The average molecular weight is 401 g/mol. The first-order valence-electron chi connectivity index (χ1n) is 8.69. The van der Waals surface area contributed by atoms with Crippen LogP contribution < -0.4 is 9.47 Å². The highest BCUT2D eigenvalue weighted by Crippen LogP contribution is 2.33. The predicted molar refractivity (Wildman–Crippen MR) is 101 cm³/mol. The fraction of sp³-hybridized carbons (Fsp3) is 0.263. The van der Waals surface area contributed by atoms with E-state index in [4.69, 9.17) is 14.0 Å². The molecule has 0 atom stereocenters. The molecule has 0 bridgehead atoms. The number of benzene rings is 2. The van der Waals surface area contributed by atoms with E-state index >= 15 is 0 Å². The third-order valence-corrected chi connectivity index (χ3v) is 6.16. The maximum atomic E-state index is 12.9. The van der Waals surface area contributed by atoms with E-state index in [9.17, 15) is 8.42 Å². The number of aryl methyl sites for hydroxylation is 1. The summed E-state index contributed by atoms with van der Waals surface area (Å²) in [5.41, 5.74) is 1.93. The minimum Gasteiger partial charge on any atom is -0.486 e. The molecule has 0 aliphatic carbocycles. The Balaban J connectivity index is 1.53. The van der Waals surface area contributed by atoms with Gasteiger partial charge < -0.3 is 14.0 Å². The predicted octanol–water partition coefficient (Wildman–Crippen LogP) is 2.64. The molecule has 1 aliphatic rings. The quantitative estimate of drug-likeness (QED) is 0.648. The molecule has 146 valence electrons. The number of rotatable bonds is 5. The number of hydrogen-bond acceptors (Lipinski definition) is 7. The smallest absolute Gasteiger partial charge is 0.243 e. The van der Waals surface area contributed by atoms with E-state index in [0.717, 1.165) is 15.4 Å². The molecule has 8 nitrogen and oxygen atoms in total. The summed E-state index contributed by atoms with van der Waals surface area (Å²) >= 11 is 0. The Labute approximate surface area is 162 Å². The molecule has 1 aromatic heterocycles. The van der Waals surface area contributed by atoms with Gasteiger partial charge in [-0.15, -0.1) is 0 Å². The second-order valence-corrected chi connectivity index (χ2v) is 8.49. The van der Waals surface area contributed by atoms with E-state index in [0.29, 0.717) is 30.5 Å². The van der Waals surface area contributed by atoms with Crippen molar-refractivity contribution < 1.29 is 22.4 Å². The van der Waals surface area contributed by atoms with Crippen LogP contribution >= 0.6 is 0 Å². The van der Waals surface area contributed by atoms with Gasteiger partial charge in [0.25, 0.3) is 0 Å². The first-order valence-corrected chi connectivity index (χ1v) is 10.1. The summed E-state index contributed by atoms with van der Waals surface area (Å²) in [6.45, 7) is 2.77. The van der Waals surface area contributed by atoms with Crippen molar-refractivity contribution in [3.05, 3.63) is 53.9 Å². The van der Waals surface area contributed by atoms with E-state index in [1.807, 2.05) is 31.2 Å². The molecule has 28 heavy (non-hydrogen) atoms. The van der Waals surface area contributed by atoms with Crippen LogP contribution in [0.15, 0.2) is 51.9 Å². The first-order chi connectivity index (χ1) is 13.4. The molecule has 1 aliphatic heterocycles. The van der Waals surface area contributed by atoms with Gasteiger partial charge in [-0.2, -0.15) is 9.29 Å². The molecular weight excluding hydrogens is 382 g/mol. The summed E-state index contributed by atoms with van der Waals surface area (Å²) in [5.74, 6) is 1.58. The number of fused-ring (bicyclic) bond motifs is 1. The van der Waals surface area contributed by atoms with Crippen LogP contribution in [0, 0.1) is 6.92 Å². The largest absolute Gasteiger partial charge is 0.486 e. The normalized spacial score (nSPS) is 13.7. The van der Waals surface area contributed by atoms with Crippen LogP contribution in [0.1, 0.15) is 11.5 Å². The molecule has 0 N–H and O–H groups in total. The second-order valence-electron chi connectivity index (χ2n) is 6.44. The minimum absolute atomic E-state index is 0.0460. The summed E-state index contributed by atoms with van der Waals surface area (Å²) in [6.07, 6.45) is 0. The lowest BCUT2D eigenvalue weighted by Gasteiger charge is -2.20. The third-order valence-electron chi connectivity index (χ3n) is 4.36. The van der Waals surface area contributed by atoms with Crippen molar-refractivity contribution in [1.29, 1.82) is 0 Å². The van der Waals surface area contributed by atoms with Crippen molar-refractivity contribution >= 4 is 10.0 Å². The summed E-state index contributed by atoms with van der Waals surface area (Å²) < 4.78 is 43.0. The van der Waals surface area contributed by atoms with E-state index in [1.165, 1.54) is 19.2 Å². The maximum Gasteiger partial charge on any atom is 0.243 e. The first kappa shape index (κ1) is 18.5. The van der Waals surface area contributed by atoms with E-state index < -0.39 is 10.0 Å². The van der Waals surface area contributed by atoms with Gasteiger partial charge in [0.1, 0.15) is 13.2 Å². The third kappa shape index (κ3) is 3.58. The Kier molecular flexibility index (Phi) is 4.78. The fourth-order valence-electron chi connectivity index (χ4n) is 2.78. The number of sulfonamides is 1.